The summed E-state index contributed by atoms with van der Waals surface area (Å²) < 4.78 is 4.62. The van der Waals surface area contributed by atoms with E-state index in [2.05, 4.69) is 10.1 Å². The standard InChI is InChI=1S/C12H13Cl2NO4/c1-19-6-11(16)15-10(12(17)18)5-7-8(13)3-2-4-9(7)14/h2-4,10H,5-6H2,1H3,(H,15,16)(H,17,18)/t10-/m0/s1. The summed E-state index contributed by atoms with van der Waals surface area (Å²) in [6, 6.07) is 3.77. The molecule has 1 rings (SSSR count). The lowest BCUT2D eigenvalue weighted by atomic mass is 10.1. The first kappa shape index (κ1) is 15.8. The van der Waals surface area contributed by atoms with Crippen molar-refractivity contribution in [2.24, 2.45) is 0 Å². The average Bonchev–Trinajstić information content (AvgIpc) is 2.32. The van der Waals surface area contributed by atoms with Gasteiger partial charge < -0.3 is 15.2 Å². The lowest BCUT2D eigenvalue weighted by Crippen LogP contribution is -2.43. The van der Waals surface area contributed by atoms with Crippen LogP contribution < -0.4 is 5.32 Å². The normalized spacial score (nSPS) is 11.9. The first-order valence-electron chi connectivity index (χ1n) is 5.39. The second-order valence-corrected chi connectivity index (χ2v) is 4.61. The van der Waals surface area contributed by atoms with Crippen LogP contribution in [0.25, 0.3) is 0 Å². The number of carbonyl (C=O) groups excluding carboxylic acids is 1. The lowest BCUT2D eigenvalue weighted by molar-refractivity contribution is -0.142. The summed E-state index contributed by atoms with van der Waals surface area (Å²) in [7, 11) is 1.35. The molecule has 0 saturated carbocycles. The van der Waals surface area contributed by atoms with Crippen molar-refractivity contribution in [3.05, 3.63) is 33.8 Å². The summed E-state index contributed by atoms with van der Waals surface area (Å²) in [6.45, 7) is -0.208. The minimum absolute atomic E-state index is 0.00327. The summed E-state index contributed by atoms with van der Waals surface area (Å²) in [5.74, 6) is -1.68. The highest BCUT2D eigenvalue weighted by molar-refractivity contribution is 6.36. The number of hydrogen-bond acceptors (Lipinski definition) is 3. The van der Waals surface area contributed by atoms with E-state index >= 15 is 0 Å². The lowest BCUT2D eigenvalue weighted by Gasteiger charge is -2.16. The largest absolute Gasteiger partial charge is 0.480 e. The van der Waals surface area contributed by atoms with Crippen molar-refractivity contribution in [1.82, 2.24) is 5.32 Å². The first-order valence-corrected chi connectivity index (χ1v) is 6.15. The van der Waals surface area contributed by atoms with Gasteiger partial charge in [0.25, 0.3) is 0 Å². The molecule has 0 heterocycles. The van der Waals surface area contributed by atoms with Crippen molar-refractivity contribution >= 4 is 35.1 Å². The van der Waals surface area contributed by atoms with Gasteiger partial charge in [-0.05, 0) is 17.7 Å². The maximum atomic E-state index is 11.4. The van der Waals surface area contributed by atoms with Gasteiger partial charge in [0, 0.05) is 23.6 Å². The molecule has 7 heteroatoms. The zero-order chi connectivity index (χ0) is 14.4. The Kier molecular flexibility index (Phi) is 6.08. The van der Waals surface area contributed by atoms with Gasteiger partial charge in [-0.15, -0.1) is 0 Å². The van der Waals surface area contributed by atoms with Crippen LogP contribution >= 0.6 is 23.2 Å². The fourth-order valence-corrected chi connectivity index (χ4v) is 2.05. The van der Waals surface area contributed by atoms with Gasteiger partial charge in [-0.25, -0.2) is 4.79 Å². The van der Waals surface area contributed by atoms with Crippen molar-refractivity contribution in [3.8, 4) is 0 Å². The molecule has 0 aliphatic heterocycles. The highest BCUT2D eigenvalue weighted by Gasteiger charge is 2.22. The molecule has 104 valence electrons. The van der Waals surface area contributed by atoms with Gasteiger partial charge >= 0.3 is 5.97 Å². The Labute approximate surface area is 120 Å². The zero-order valence-electron chi connectivity index (χ0n) is 10.2. The van der Waals surface area contributed by atoms with Crippen molar-refractivity contribution in [2.45, 2.75) is 12.5 Å². The van der Waals surface area contributed by atoms with E-state index in [-0.39, 0.29) is 13.0 Å². The zero-order valence-corrected chi connectivity index (χ0v) is 11.7. The van der Waals surface area contributed by atoms with E-state index in [1.54, 1.807) is 18.2 Å². The molecule has 0 aliphatic rings. The van der Waals surface area contributed by atoms with Crippen LogP contribution in [0.1, 0.15) is 5.56 Å². The number of hydrogen-bond donors (Lipinski definition) is 2. The number of carboxylic acid groups (broad SMARTS) is 1. The molecule has 1 atom stereocenters. The second kappa shape index (κ2) is 7.33. The molecule has 0 aromatic heterocycles. The van der Waals surface area contributed by atoms with Gasteiger partial charge in [-0.3, -0.25) is 4.79 Å². The molecule has 1 amide bonds. The molecule has 1 aromatic carbocycles. The predicted molar refractivity (Wildman–Crippen MR) is 71.6 cm³/mol. The van der Waals surface area contributed by atoms with E-state index in [0.29, 0.717) is 15.6 Å². The molecular weight excluding hydrogens is 293 g/mol. The van der Waals surface area contributed by atoms with E-state index in [4.69, 9.17) is 28.3 Å². The van der Waals surface area contributed by atoms with Crippen LogP contribution in [0.3, 0.4) is 0 Å². The fraction of sp³-hybridized carbons (Fsp3) is 0.333. The molecule has 5 nitrogen and oxygen atoms in total. The highest BCUT2D eigenvalue weighted by Crippen LogP contribution is 2.25. The van der Waals surface area contributed by atoms with E-state index in [0.717, 1.165) is 0 Å². The molecule has 0 unspecified atom stereocenters. The molecule has 0 radical (unpaired) electrons. The van der Waals surface area contributed by atoms with Gasteiger partial charge in [-0.2, -0.15) is 0 Å². The molecule has 0 aliphatic carbocycles. The first-order chi connectivity index (χ1) is 8.95. The van der Waals surface area contributed by atoms with E-state index in [1.165, 1.54) is 7.11 Å². The Morgan fingerprint density at radius 1 is 1.37 bits per heavy atom. The van der Waals surface area contributed by atoms with Gasteiger partial charge in [0.2, 0.25) is 5.91 Å². The molecule has 0 fully saturated rings. The SMILES string of the molecule is COCC(=O)N[C@@H](Cc1c(Cl)cccc1Cl)C(=O)O. The number of halogens is 2. The number of aliphatic carboxylic acids is 1. The Morgan fingerprint density at radius 2 is 1.95 bits per heavy atom. The van der Waals surface area contributed by atoms with Crippen LogP contribution in [0.5, 0.6) is 0 Å². The average molecular weight is 306 g/mol. The Bertz CT molecular complexity index is 459. The van der Waals surface area contributed by atoms with Crippen LogP contribution in [-0.2, 0) is 20.7 Å². The Hall–Kier alpha value is -1.30. The monoisotopic (exact) mass is 305 g/mol. The third-order valence-electron chi connectivity index (χ3n) is 2.38. The summed E-state index contributed by atoms with van der Waals surface area (Å²) in [5, 5.41) is 12.2. The number of carboxylic acids is 1. The Morgan fingerprint density at radius 3 is 2.42 bits per heavy atom. The topological polar surface area (TPSA) is 75.6 Å². The summed E-state index contributed by atoms with van der Waals surface area (Å²) in [6.07, 6.45) is 0.00327. The van der Waals surface area contributed by atoms with Crippen molar-refractivity contribution in [3.63, 3.8) is 0 Å². The number of methoxy groups -OCH3 is 1. The molecule has 2 N–H and O–H groups in total. The molecule has 0 spiro atoms. The van der Waals surface area contributed by atoms with Crippen LogP contribution in [0, 0.1) is 0 Å². The predicted octanol–water partition coefficient (Wildman–Crippen LogP) is 1.75. The summed E-state index contributed by atoms with van der Waals surface area (Å²) >= 11 is 11.9. The van der Waals surface area contributed by atoms with Gasteiger partial charge in [0.1, 0.15) is 12.6 Å². The number of rotatable bonds is 6. The smallest absolute Gasteiger partial charge is 0.326 e. The molecule has 19 heavy (non-hydrogen) atoms. The molecule has 1 aromatic rings. The highest BCUT2D eigenvalue weighted by atomic mass is 35.5. The quantitative estimate of drug-likeness (QED) is 0.839. The van der Waals surface area contributed by atoms with Crippen LogP contribution in [-0.4, -0.2) is 36.7 Å². The number of carbonyl (C=O) groups is 2. The van der Waals surface area contributed by atoms with E-state index < -0.39 is 17.9 Å². The summed E-state index contributed by atoms with van der Waals surface area (Å²) in [4.78, 5) is 22.5. The Balaban J connectivity index is 2.84. The summed E-state index contributed by atoms with van der Waals surface area (Å²) in [5.41, 5.74) is 0.482. The minimum atomic E-state index is -1.17. The van der Waals surface area contributed by atoms with Gasteiger partial charge in [-0.1, -0.05) is 29.3 Å². The third-order valence-corrected chi connectivity index (χ3v) is 3.09. The van der Waals surface area contributed by atoms with E-state index in [9.17, 15) is 9.59 Å². The maximum absolute atomic E-state index is 11.4. The molecular formula is C12H13Cl2NO4. The van der Waals surface area contributed by atoms with Crippen molar-refractivity contribution in [2.75, 3.05) is 13.7 Å². The molecule has 0 saturated heterocycles. The second-order valence-electron chi connectivity index (χ2n) is 3.80. The number of amides is 1. The van der Waals surface area contributed by atoms with Crippen molar-refractivity contribution in [1.29, 1.82) is 0 Å². The van der Waals surface area contributed by atoms with Gasteiger partial charge in [0.05, 0.1) is 0 Å². The molecule has 0 bridgehead atoms. The van der Waals surface area contributed by atoms with Crippen molar-refractivity contribution < 1.29 is 19.4 Å². The van der Waals surface area contributed by atoms with Crippen LogP contribution in [0.4, 0.5) is 0 Å². The number of ether oxygens (including phenoxy) is 1. The van der Waals surface area contributed by atoms with E-state index in [1.807, 2.05) is 0 Å². The number of benzene rings is 1. The van der Waals surface area contributed by atoms with Gasteiger partial charge in [0.15, 0.2) is 0 Å². The third kappa shape index (κ3) is 4.70. The minimum Gasteiger partial charge on any atom is -0.480 e. The maximum Gasteiger partial charge on any atom is 0.326 e. The van der Waals surface area contributed by atoms with Crippen LogP contribution in [0.2, 0.25) is 10.0 Å². The van der Waals surface area contributed by atoms with Crippen LogP contribution in [0.15, 0.2) is 18.2 Å². The fourth-order valence-electron chi connectivity index (χ4n) is 1.50. The number of nitrogens with one attached hydrogen (secondary N) is 1.